The van der Waals surface area contributed by atoms with Gasteiger partial charge in [0.2, 0.25) is 11.8 Å². The predicted molar refractivity (Wildman–Crippen MR) is 215 cm³/mol. The van der Waals surface area contributed by atoms with Crippen LogP contribution in [-0.2, 0) is 35.1 Å². The minimum Gasteiger partial charge on any atom is -0.455 e. The molecule has 0 spiro atoms. The van der Waals surface area contributed by atoms with E-state index in [1.165, 1.54) is 17.1 Å². The predicted octanol–water partition coefficient (Wildman–Crippen LogP) is 3.88. The SMILES string of the molecule is CC(C)(C)OC(=O)c1cc2cc(NC(=O)[C@H](Cc3ccc(N4CCN(C5CCOCC5)CC4=O)cc3)NC(=O)C(=O)Nc3cc(Cl)ccc3-n3cnnn3)ccc2[nH]1. The Labute approximate surface area is 338 Å². The maximum Gasteiger partial charge on any atom is 0.355 e. The minimum absolute atomic E-state index is 0.00115. The Bertz CT molecular complexity index is 2320. The number of amides is 4. The second-order valence-corrected chi connectivity index (χ2v) is 15.5. The summed E-state index contributed by atoms with van der Waals surface area (Å²) >= 11 is 6.20. The molecule has 0 bridgehead atoms. The van der Waals surface area contributed by atoms with Crippen molar-refractivity contribution >= 4 is 69.2 Å². The number of piperazine rings is 1. The lowest BCUT2D eigenvalue weighted by Gasteiger charge is -2.40. The molecule has 2 fully saturated rings. The van der Waals surface area contributed by atoms with Crippen LogP contribution in [0.15, 0.2) is 73.1 Å². The number of rotatable bonds is 10. The summed E-state index contributed by atoms with van der Waals surface area (Å²) in [6, 6.07) is 17.5. The van der Waals surface area contributed by atoms with E-state index in [0.29, 0.717) is 60.2 Å². The largest absolute Gasteiger partial charge is 0.455 e. The summed E-state index contributed by atoms with van der Waals surface area (Å²) in [5.74, 6) is -3.28. The van der Waals surface area contributed by atoms with Gasteiger partial charge in [0, 0.05) is 66.1 Å². The molecule has 0 aliphatic carbocycles. The molecule has 2 aromatic heterocycles. The first-order valence-corrected chi connectivity index (χ1v) is 19.2. The van der Waals surface area contributed by atoms with Gasteiger partial charge in [-0.3, -0.25) is 24.1 Å². The van der Waals surface area contributed by atoms with E-state index >= 15 is 0 Å². The van der Waals surface area contributed by atoms with Crippen molar-refractivity contribution in [3.63, 3.8) is 0 Å². The van der Waals surface area contributed by atoms with Gasteiger partial charge in [0.25, 0.3) is 0 Å². The van der Waals surface area contributed by atoms with Crippen molar-refractivity contribution in [1.82, 2.24) is 35.4 Å². The molecule has 0 saturated carbocycles. The van der Waals surface area contributed by atoms with Gasteiger partial charge in [-0.2, -0.15) is 4.68 Å². The fraction of sp³-hybridized carbons (Fsp3) is 0.350. The molecule has 2 saturated heterocycles. The lowest BCUT2D eigenvalue weighted by atomic mass is 10.0. The molecule has 302 valence electrons. The molecular weight excluding hydrogens is 768 g/mol. The van der Waals surface area contributed by atoms with E-state index in [0.717, 1.165) is 25.1 Å². The normalized spacial score (nSPS) is 15.9. The third-order valence-corrected chi connectivity index (χ3v) is 10.0. The van der Waals surface area contributed by atoms with Crippen molar-refractivity contribution in [1.29, 1.82) is 0 Å². The number of fused-ring (bicyclic) bond motifs is 1. The first-order chi connectivity index (χ1) is 27.8. The van der Waals surface area contributed by atoms with Crippen molar-refractivity contribution in [2.24, 2.45) is 0 Å². The Morgan fingerprint density at radius 2 is 1.74 bits per heavy atom. The number of H-pyrrole nitrogens is 1. The lowest BCUT2D eigenvalue weighted by Crippen LogP contribution is -2.54. The summed E-state index contributed by atoms with van der Waals surface area (Å²) in [6.45, 7) is 8.34. The van der Waals surface area contributed by atoms with Crippen LogP contribution >= 0.6 is 11.6 Å². The number of benzene rings is 3. The number of ether oxygens (including phenoxy) is 2. The van der Waals surface area contributed by atoms with Gasteiger partial charge in [0.15, 0.2) is 0 Å². The highest BCUT2D eigenvalue weighted by atomic mass is 35.5. The first kappa shape index (κ1) is 40.0. The number of tetrazole rings is 1. The van der Waals surface area contributed by atoms with Gasteiger partial charge in [-0.05, 0) is 104 Å². The number of esters is 1. The molecule has 58 heavy (non-hydrogen) atoms. The molecule has 4 N–H and O–H groups in total. The number of hydrogen-bond acceptors (Lipinski definition) is 11. The molecule has 7 rings (SSSR count). The Kier molecular flexibility index (Phi) is 11.8. The number of carbonyl (C=O) groups is 5. The van der Waals surface area contributed by atoms with Gasteiger partial charge in [-0.15, -0.1) is 5.10 Å². The van der Waals surface area contributed by atoms with Gasteiger partial charge in [0.05, 0.1) is 17.9 Å². The summed E-state index contributed by atoms with van der Waals surface area (Å²) in [7, 11) is 0. The van der Waals surface area contributed by atoms with Crippen LogP contribution in [-0.4, -0.2) is 110 Å². The van der Waals surface area contributed by atoms with Gasteiger partial charge < -0.3 is 35.3 Å². The molecule has 2 aliphatic heterocycles. The first-order valence-electron chi connectivity index (χ1n) is 18.8. The monoisotopic (exact) mass is 810 g/mol. The van der Waals surface area contributed by atoms with Gasteiger partial charge in [-0.25, -0.2) is 4.79 Å². The highest BCUT2D eigenvalue weighted by Crippen LogP contribution is 2.26. The molecule has 18 heteroatoms. The molecule has 5 aromatic rings. The minimum atomic E-state index is -1.23. The van der Waals surface area contributed by atoms with Crippen LogP contribution in [0.4, 0.5) is 17.1 Å². The smallest absolute Gasteiger partial charge is 0.355 e. The summed E-state index contributed by atoms with van der Waals surface area (Å²) in [4.78, 5) is 73.7. The van der Waals surface area contributed by atoms with Crippen LogP contribution < -0.4 is 20.9 Å². The van der Waals surface area contributed by atoms with Crippen LogP contribution in [0.25, 0.3) is 16.6 Å². The average molecular weight is 811 g/mol. The molecule has 1 atom stereocenters. The maximum absolute atomic E-state index is 14.0. The number of carbonyl (C=O) groups excluding carboxylic acids is 5. The molecule has 4 amide bonds. The topological polar surface area (TPSA) is 206 Å². The molecule has 4 heterocycles. The fourth-order valence-corrected chi connectivity index (χ4v) is 7.12. The molecular formula is C40H43ClN10O7. The number of halogens is 1. The van der Waals surface area contributed by atoms with E-state index in [9.17, 15) is 24.0 Å². The number of hydrogen-bond donors (Lipinski definition) is 4. The highest BCUT2D eigenvalue weighted by Gasteiger charge is 2.31. The fourth-order valence-electron chi connectivity index (χ4n) is 6.95. The molecule has 3 aromatic carbocycles. The van der Waals surface area contributed by atoms with E-state index in [2.05, 4.69) is 41.4 Å². The molecule has 2 aliphatic rings. The second kappa shape index (κ2) is 17.1. The standard InChI is InChI=1S/C40H43ClN10O7/c1-40(2,3)58-39(56)33-20-25-19-27(7-10-30(25)44-33)43-36(53)32(46-38(55)37(54)45-31-21-26(41)6-11-34(31)51-23-42-47-48-51)18-24-4-8-29(9-5-24)50-15-14-49(22-35(50)52)28-12-16-57-17-13-28/h4-11,19-21,23,28,32,44H,12-18,22H2,1-3H3,(H,43,53)(H,45,54)(H,46,55)/t32-/m0/s1. The van der Waals surface area contributed by atoms with Crippen LogP contribution in [0.5, 0.6) is 0 Å². The molecule has 0 radical (unpaired) electrons. The van der Waals surface area contributed by atoms with E-state index in [1.54, 1.807) is 74.2 Å². The number of nitrogens with zero attached hydrogens (tertiary/aromatic N) is 6. The van der Waals surface area contributed by atoms with Gasteiger partial charge in [-0.1, -0.05) is 23.7 Å². The zero-order chi connectivity index (χ0) is 41.0. The van der Waals surface area contributed by atoms with Crippen LogP contribution in [0.2, 0.25) is 5.02 Å². The summed E-state index contributed by atoms with van der Waals surface area (Å²) in [6.07, 6.45) is 3.13. The lowest BCUT2D eigenvalue weighted by molar-refractivity contribution is -0.137. The molecule has 17 nitrogen and oxygen atoms in total. The summed E-state index contributed by atoms with van der Waals surface area (Å²) in [5, 5.41) is 20.0. The number of anilines is 3. The molecule has 0 unspecified atom stereocenters. The highest BCUT2D eigenvalue weighted by molar-refractivity contribution is 6.40. The summed E-state index contributed by atoms with van der Waals surface area (Å²) in [5.41, 5.74) is 2.48. The summed E-state index contributed by atoms with van der Waals surface area (Å²) < 4.78 is 12.3. The van der Waals surface area contributed by atoms with Gasteiger partial charge in [0.1, 0.15) is 23.7 Å². The van der Waals surface area contributed by atoms with E-state index in [1.807, 2.05) is 12.1 Å². The Morgan fingerprint density at radius 3 is 2.45 bits per heavy atom. The van der Waals surface area contributed by atoms with Crippen LogP contribution in [0, 0.1) is 0 Å². The van der Waals surface area contributed by atoms with Gasteiger partial charge >= 0.3 is 17.8 Å². The number of aromatic nitrogens is 5. The second-order valence-electron chi connectivity index (χ2n) is 15.1. The van der Waals surface area contributed by atoms with Crippen molar-refractivity contribution < 1.29 is 33.4 Å². The maximum atomic E-state index is 14.0. The van der Waals surface area contributed by atoms with E-state index < -0.39 is 35.3 Å². The third kappa shape index (κ3) is 9.67. The number of nitrogens with one attached hydrogen (secondary N) is 4. The van der Waals surface area contributed by atoms with Crippen LogP contribution in [0.3, 0.4) is 0 Å². The Hall–Kier alpha value is -6.17. The third-order valence-electron chi connectivity index (χ3n) is 9.78. The zero-order valence-electron chi connectivity index (χ0n) is 32.2. The van der Waals surface area contributed by atoms with Crippen molar-refractivity contribution in [2.75, 3.05) is 48.4 Å². The number of aromatic amines is 1. The quantitative estimate of drug-likeness (QED) is 0.118. The zero-order valence-corrected chi connectivity index (χ0v) is 32.9. The van der Waals surface area contributed by atoms with Crippen molar-refractivity contribution in [3.8, 4) is 5.69 Å². The van der Waals surface area contributed by atoms with E-state index in [-0.39, 0.29) is 28.7 Å². The average Bonchev–Trinajstić information content (AvgIpc) is 3.89. The van der Waals surface area contributed by atoms with Crippen molar-refractivity contribution in [3.05, 3.63) is 89.3 Å². The van der Waals surface area contributed by atoms with E-state index in [4.69, 9.17) is 21.1 Å². The van der Waals surface area contributed by atoms with Crippen molar-refractivity contribution in [2.45, 2.75) is 57.7 Å². The Morgan fingerprint density at radius 1 is 0.966 bits per heavy atom. The van der Waals surface area contributed by atoms with Crippen LogP contribution in [0.1, 0.15) is 49.7 Å². The Balaban J connectivity index is 1.08.